The Balaban J connectivity index is 1.92. The summed E-state index contributed by atoms with van der Waals surface area (Å²) in [6, 6.07) is 7.95. The Kier molecular flexibility index (Phi) is 5.04. The number of aliphatic hydroxyl groups is 1. The van der Waals surface area contributed by atoms with Gasteiger partial charge in [0.1, 0.15) is 0 Å². The second-order valence-corrected chi connectivity index (χ2v) is 5.69. The number of hydrogen-bond acceptors (Lipinski definition) is 2. The van der Waals surface area contributed by atoms with Crippen LogP contribution in [0.4, 0.5) is 0 Å². The Labute approximate surface area is 114 Å². The third-order valence-corrected chi connectivity index (χ3v) is 4.16. The summed E-state index contributed by atoms with van der Waals surface area (Å²) < 4.78 is 0. The van der Waals surface area contributed by atoms with Crippen molar-refractivity contribution in [2.45, 2.75) is 44.8 Å². The van der Waals surface area contributed by atoms with E-state index in [1.165, 1.54) is 19.3 Å². The Bertz CT molecular complexity index is 383. The van der Waals surface area contributed by atoms with Gasteiger partial charge in [-0.2, -0.15) is 0 Å². The molecule has 0 spiro atoms. The highest BCUT2D eigenvalue weighted by Gasteiger charge is 2.23. The van der Waals surface area contributed by atoms with Crippen molar-refractivity contribution in [2.24, 2.45) is 5.92 Å². The zero-order valence-corrected chi connectivity index (χ0v) is 11.7. The van der Waals surface area contributed by atoms with Crippen molar-refractivity contribution >= 4 is 11.6 Å². The normalized spacial score (nSPS) is 25.9. The van der Waals surface area contributed by atoms with Crippen molar-refractivity contribution in [3.8, 4) is 0 Å². The van der Waals surface area contributed by atoms with Crippen LogP contribution >= 0.6 is 11.6 Å². The first kappa shape index (κ1) is 13.9. The molecule has 0 radical (unpaired) electrons. The number of piperidine rings is 1. The molecule has 3 unspecified atom stereocenters. The second kappa shape index (κ2) is 6.55. The van der Waals surface area contributed by atoms with Crippen LogP contribution in [0.15, 0.2) is 24.3 Å². The highest BCUT2D eigenvalue weighted by molar-refractivity contribution is 6.30. The van der Waals surface area contributed by atoms with Gasteiger partial charge in [-0.15, -0.1) is 0 Å². The Morgan fingerprint density at radius 3 is 3.06 bits per heavy atom. The van der Waals surface area contributed by atoms with E-state index in [2.05, 4.69) is 12.2 Å². The first-order chi connectivity index (χ1) is 8.69. The van der Waals surface area contributed by atoms with Crippen molar-refractivity contribution in [1.29, 1.82) is 0 Å². The first-order valence-corrected chi connectivity index (χ1v) is 7.23. The lowest BCUT2D eigenvalue weighted by atomic mass is 9.87. The van der Waals surface area contributed by atoms with E-state index in [0.717, 1.165) is 24.4 Å². The molecular formula is C15H22ClNO. The number of rotatable bonds is 4. The zero-order chi connectivity index (χ0) is 13.0. The topological polar surface area (TPSA) is 32.3 Å². The molecular weight excluding hydrogens is 246 g/mol. The molecule has 3 heteroatoms. The van der Waals surface area contributed by atoms with Crippen LogP contribution in [0.3, 0.4) is 0 Å². The summed E-state index contributed by atoms with van der Waals surface area (Å²) in [5.41, 5.74) is 0.919. The SMILES string of the molecule is CCC1CCNC(CC(O)c2cccc(Cl)c2)C1. The van der Waals surface area contributed by atoms with E-state index in [1.807, 2.05) is 24.3 Å². The number of aliphatic hydroxyl groups excluding tert-OH is 1. The molecule has 18 heavy (non-hydrogen) atoms. The maximum Gasteiger partial charge on any atom is 0.0805 e. The van der Waals surface area contributed by atoms with Crippen molar-refractivity contribution in [3.05, 3.63) is 34.9 Å². The van der Waals surface area contributed by atoms with Crippen LogP contribution in [0.1, 0.15) is 44.3 Å². The van der Waals surface area contributed by atoms with Gasteiger partial charge in [-0.25, -0.2) is 0 Å². The first-order valence-electron chi connectivity index (χ1n) is 6.86. The summed E-state index contributed by atoms with van der Waals surface area (Å²) in [7, 11) is 0. The molecule has 2 N–H and O–H groups in total. The number of hydrogen-bond donors (Lipinski definition) is 2. The minimum absolute atomic E-state index is 0.420. The number of halogens is 1. The monoisotopic (exact) mass is 267 g/mol. The van der Waals surface area contributed by atoms with E-state index in [-0.39, 0.29) is 0 Å². The molecule has 0 aliphatic carbocycles. The van der Waals surface area contributed by atoms with Crippen LogP contribution in [0.2, 0.25) is 5.02 Å². The molecule has 0 amide bonds. The Morgan fingerprint density at radius 2 is 2.33 bits per heavy atom. The van der Waals surface area contributed by atoms with E-state index in [9.17, 15) is 5.11 Å². The van der Waals surface area contributed by atoms with Crippen LogP contribution in [-0.2, 0) is 0 Å². The quantitative estimate of drug-likeness (QED) is 0.875. The lowest BCUT2D eigenvalue weighted by Gasteiger charge is -2.31. The van der Waals surface area contributed by atoms with Gasteiger partial charge in [-0.1, -0.05) is 37.1 Å². The molecule has 1 aromatic carbocycles. The molecule has 1 aliphatic rings. The van der Waals surface area contributed by atoms with Gasteiger partial charge < -0.3 is 10.4 Å². The van der Waals surface area contributed by atoms with Gasteiger partial charge in [0, 0.05) is 11.1 Å². The third kappa shape index (κ3) is 3.71. The predicted molar refractivity (Wildman–Crippen MR) is 75.8 cm³/mol. The predicted octanol–water partition coefficient (Wildman–Crippen LogP) is 3.54. The molecule has 1 heterocycles. The lowest BCUT2D eigenvalue weighted by Crippen LogP contribution is -2.38. The molecule has 0 aromatic heterocycles. The minimum atomic E-state index is -0.420. The van der Waals surface area contributed by atoms with Gasteiger partial charge in [0.05, 0.1) is 6.10 Å². The minimum Gasteiger partial charge on any atom is -0.388 e. The molecule has 1 fully saturated rings. The molecule has 0 saturated carbocycles. The van der Waals surface area contributed by atoms with Gasteiger partial charge in [0.15, 0.2) is 0 Å². The summed E-state index contributed by atoms with van der Waals surface area (Å²) in [4.78, 5) is 0. The van der Waals surface area contributed by atoms with E-state index >= 15 is 0 Å². The molecule has 2 nitrogen and oxygen atoms in total. The lowest BCUT2D eigenvalue weighted by molar-refractivity contribution is 0.136. The average molecular weight is 268 g/mol. The van der Waals surface area contributed by atoms with Crippen molar-refractivity contribution in [1.82, 2.24) is 5.32 Å². The van der Waals surface area contributed by atoms with Crippen molar-refractivity contribution in [2.75, 3.05) is 6.54 Å². The molecule has 100 valence electrons. The summed E-state index contributed by atoms with van der Waals surface area (Å²) in [5, 5.41) is 14.5. The summed E-state index contributed by atoms with van der Waals surface area (Å²) in [6.07, 6.45) is 4.04. The van der Waals surface area contributed by atoms with Crippen molar-refractivity contribution < 1.29 is 5.11 Å². The molecule has 3 atom stereocenters. The second-order valence-electron chi connectivity index (χ2n) is 5.26. The van der Waals surface area contributed by atoms with Gasteiger partial charge in [-0.3, -0.25) is 0 Å². The van der Waals surface area contributed by atoms with Crippen LogP contribution in [0.5, 0.6) is 0 Å². The fraction of sp³-hybridized carbons (Fsp3) is 0.600. The van der Waals surface area contributed by atoms with E-state index in [1.54, 1.807) is 0 Å². The largest absolute Gasteiger partial charge is 0.388 e. The van der Waals surface area contributed by atoms with Crippen LogP contribution < -0.4 is 5.32 Å². The van der Waals surface area contributed by atoms with Gasteiger partial charge in [-0.05, 0) is 49.4 Å². The van der Waals surface area contributed by atoms with E-state index < -0.39 is 6.10 Å². The van der Waals surface area contributed by atoms with Crippen molar-refractivity contribution in [3.63, 3.8) is 0 Å². The molecule has 1 saturated heterocycles. The summed E-state index contributed by atoms with van der Waals surface area (Å²) in [5.74, 6) is 0.808. The van der Waals surface area contributed by atoms with Crippen LogP contribution in [0.25, 0.3) is 0 Å². The highest BCUT2D eigenvalue weighted by Crippen LogP contribution is 2.27. The maximum absolute atomic E-state index is 10.3. The number of nitrogens with one attached hydrogen (secondary N) is 1. The Hall–Kier alpha value is -0.570. The van der Waals surface area contributed by atoms with Gasteiger partial charge in [0.25, 0.3) is 0 Å². The van der Waals surface area contributed by atoms with E-state index in [4.69, 9.17) is 11.6 Å². The van der Waals surface area contributed by atoms with Crippen LogP contribution in [-0.4, -0.2) is 17.7 Å². The highest BCUT2D eigenvalue weighted by atomic mass is 35.5. The molecule has 1 aromatic rings. The third-order valence-electron chi connectivity index (χ3n) is 3.92. The average Bonchev–Trinajstić information content (AvgIpc) is 2.39. The fourth-order valence-electron chi connectivity index (χ4n) is 2.76. The number of benzene rings is 1. The van der Waals surface area contributed by atoms with Crippen LogP contribution in [0, 0.1) is 5.92 Å². The van der Waals surface area contributed by atoms with Gasteiger partial charge in [0.2, 0.25) is 0 Å². The Morgan fingerprint density at radius 1 is 1.50 bits per heavy atom. The fourth-order valence-corrected chi connectivity index (χ4v) is 2.96. The summed E-state index contributed by atoms with van der Waals surface area (Å²) >= 11 is 5.95. The zero-order valence-electron chi connectivity index (χ0n) is 10.9. The molecule has 1 aliphatic heterocycles. The molecule has 0 bridgehead atoms. The molecule has 2 rings (SSSR count). The summed E-state index contributed by atoms with van der Waals surface area (Å²) in [6.45, 7) is 3.33. The standard InChI is InChI=1S/C15H22ClNO/c1-2-11-6-7-17-14(8-11)10-15(18)12-4-3-5-13(16)9-12/h3-5,9,11,14-15,17-18H,2,6-8,10H2,1H3. The van der Waals surface area contributed by atoms with E-state index in [0.29, 0.717) is 11.1 Å². The maximum atomic E-state index is 10.3. The smallest absolute Gasteiger partial charge is 0.0805 e. The van der Waals surface area contributed by atoms with Gasteiger partial charge >= 0.3 is 0 Å².